The number of methoxy groups -OCH3 is 1. The van der Waals surface area contributed by atoms with E-state index in [2.05, 4.69) is 52.8 Å². The maximum Gasteiger partial charge on any atom is 0.225 e. The number of phenolic OH excluding ortho intramolecular Hbond substituents is 1. The number of ether oxygens (including phenoxy) is 3. The van der Waals surface area contributed by atoms with E-state index in [0.717, 1.165) is 42.6 Å². The molecule has 0 aromatic heterocycles. The molecule has 2 aromatic carbocycles. The molecular formula is C31H45NO5. The van der Waals surface area contributed by atoms with Gasteiger partial charge in [0.1, 0.15) is 5.75 Å². The van der Waals surface area contributed by atoms with E-state index >= 15 is 0 Å². The Balaban J connectivity index is 1.79. The molecule has 2 atom stereocenters. The lowest BCUT2D eigenvalue weighted by Gasteiger charge is -2.34. The second-order valence-corrected chi connectivity index (χ2v) is 11.3. The van der Waals surface area contributed by atoms with Gasteiger partial charge in [-0.2, -0.15) is 0 Å². The number of phenols is 1. The van der Waals surface area contributed by atoms with Gasteiger partial charge in [-0.3, -0.25) is 4.79 Å². The number of hydrogen-bond donors (Lipinski definition) is 1. The highest BCUT2D eigenvalue weighted by Gasteiger charge is 2.32. The highest BCUT2D eigenvalue weighted by atomic mass is 16.5. The van der Waals surface area contributed by atoms with Crippen LogP contribution in [-0.4, -0.2) is 42.8 Å². The van der Waals surface area contributed by atoms with Crippen LogP contribution in [0.2, 0.25) is 0 Å². The molecule has 1 aliphatic heterocycles. The SMILES string of the molecule is CCC(C)(Cc1cccc(C)c1OC)CC(C)C(=O)N(Cc1cc(O)c2c(c1)OCCCO2)CC(C)C. The normalized spacial score (nSPS) is 15.6. The summed E-state index contributed by atoms with van der Waals surface area (Å²) in [6.45, 7) is 14.9. The van der Waals surface area contributed by atoms with Crippen molar-refractivity contribution >= 4 is 5.91 Å². The smallest absolute Gasteiger partial charge is 0.225 e. The molecule has 2 aromatic rings. The lowest BCUT2D eigenvalue weighted by atomic mass is 9.74. The number of fused-ring (bicyclic) bond motifs is 1. The van der Waals surface area contributed by atoms with Crippen LogP contribution in [0.3, 0.4) is 0 Å². The fraction of sp³-hybridized carbons (Fsp3) is 0.581. The average molecular weight is 512 g/mol. The van der Waals surface area contributed by atoms with E-state index in [4.69, 9.17) is 14.2 Å². The zero-order valence-corrected chi connectivity index (χ0v) is 23.7. The highest BCUT2D eigenvalue weighted by Crippen LogP contribution is 2.40. The first-order valence-corrected chi connectivity index (χ1v) is 13.6. The Morgan fingerprint density at radius 1 is 1.19 bits per heavy atom. The van der Waals surface area contributed by atoms with Crippen molar-refractivity contribution in [3.63, 3.8) is 0 Å². The Bertz CT molecular complexity index is 1070. The van der Waals surface area contributed by atoms with Gasteiger partial charge in [-0.05, 0) is 59.9 Å². The van der Waals surface area contributed by atoms with Gasteiger partial charge in [0.15, 0.2) is 11.5 Å². The number of nitrogens with zero attached hydrogens (tertiary/aromatic N) is 1. The van der Waals surface area contributed by atoms with E-state index in [1.165, 1.54) is 5.56 Å². The quantitative estimate of drug-likeness (QED) is 0.371. The summed E-state index contributed by atoms with van der Waals surface area (Å²) < 4.78 is 17.2. The van der Waals surface area contributed by atoms with Crippen LogP contribution in [0.1, 0.15) is 70.6 Å². The van der Waals surface area contributed by atoms with Gasteiger partial charge in [0.05, 0.1) is 20.3 Å². The first-order valence-electron chi connectivity index (χ1n) is 13.6. The molecule has 0 bridgehead atoms. The molecule has 0 radical (unpaired) electrons. The third-order valence-electron chi connectivity index (χ3n) is 7.35. The summed E-state index contributed by atoms with van der Waals surface area (Å²) in [6, 6.07) is 9.87. The van der Waals surface area contributed by atoms with Crippen LogP contribution in [0, 0.1) is 24.2 Å². The van der Waals surface area contributed by atoms with Crippen LogP contribution in [0.25, 0.3) is 0 Å². The third kappa shape index (κ3) is 7.33. The molecule has 1 heterocycles. The van der Waals surface area contributed by atoms with Crippen molar-refractivity contribution in [2.45, 2.75) is 73.8 Å². The van der Waals surface area contributed by atoms with Crippen LogP contribution in [0.5, 0.6) is 23.0 Å². The van der Waals surface area contributed by atoms with Gasteiger partial charge >= 0.3 is 0 Å². The second-order valence-electron chi connectivity index (χ2n) is 11.3. The maximum absolute atomic E-state index is 13.8. The summed E-state index contributed by atoms with van der Waals surface area (Å²) in [5.74, 6) is 2.25. The molecule has 0 saturated carbocycles. The topological polar surface area (TPSA) is 68.2 Å². The molecule has 1 amide bonds. The summed E-state index contributed by atoms with van der Waals surface area (Å²) in [7, 11) is 1.72. The Morgan fingerprint density at radius 2 is 1.92 bits per heavy atom. The Hall–Kier alpha value is -2.89. The van der Waals surface area contributed by atoms with Gasteiger partial charge in [-0.1, -0.05) is 59.2 Å². The molecule has 1 N–H and O–H groups in total. The standard InChI is InChI=1S/C31H45NO5/c1-8-31(6,18-25-12-9-11-22(4)28(25)35-7)17-23(5)30(34)32(19-21(2)3)20-24-15-26(33)29-27(16-24)36-13-10-14-37-29/h9,11-12,15-16,21,23,33H,8,10,13-14,17-20H2,1-7H3. The van der Waals surface area contributed by atoms with E-state index in [1.807, 2.05) is 17.9 Å². The van der Waals surface area contributed by atoms with Crippen LogP contribution in [0.4, 0.5) is 0 Å². The minimum absolute atomic E-state index is 0.0484. The first kappa shape index (κ1) is 28.7. The van der Waals surface area contributed by atoms with Crippen molar-refractivity contribution in [3.8, 4) is 23.0 Å². The fourth-order valence-corrected chi connectivity index (χ4v) is 5.38. The molecule has 0 saturated heterocycles. The summed E-state index contributed by atoms with van der Waals surface area (Å²) in [4.78, 5) is 15.7. The van der Waals surface area contributed by atoms with Crippen molar-refractivity contribution in [1.82, 2.24) is 4.90 Å². The zero-order valence-electron chi connectivity index (χ0n) is 23.7. The molecule has 37 heavy (non-hydrogen) atoms. The number of carbonyl (C=O) groups is 1. The van der Waals surface area contributed by atoms with Crippen molar-refractivity contribution in [2.24, 2.45) is 17.3 Å². The van der Waals surface area contributed by atoms with Crippen LogP contribution in [0.15, 0.2) is 30.3 Å². The number of para-hydroxylation sites is 1. The van der Waals surface area contributed by atoms with Gasteiger partial charge in [0.25, 0.3) is 0 Å². The molecule has 2 unspecified atom stereocenters. The molecule has 6 nitrogen and oxygen atoms in total. The minimum Gasteiger partial charge on any atom is -0.504 e. The summed E-state index contributed by atoms with van der Waals surface area (Å²) in [6.07, 6.45) is 3.36. The van der Waals surface area contributed by atoms with E-state index in [9.17, 15) is 9.90 Å². The van der Waals surface area contributed by atoms with Crippen LogP contribution in [-0.2, 0) is 17.8 Å². The number of carbonyl (C=O) groups excluding carboxylic acids is 1. The van der Waals surface area contributed by atoms with E-state index in [0.29, 0.717) is 43.7 Å². The maximum atomic E-state index is 13.8. The Morgan fingerprint density at radius 3 is 2.59 bits per heavy atom. The first-order chi connectivity index (χ1) is 17.6. The second kappa shape index (κ2) is 12.6. The van der Waals surface area contributed by atoms with Gasteiger partial charge in [0, 0.05) is 25.4 Å². The summed E-state index contributed by atoms with van der Waals surface area (Å²) in [5.41, 5.74) is 3.11. The predicted octanol–water partition coefficient (Wildman–Crippen LogP) is 6.54. The fourth-order valence-electron chi connectivity index (χ4n) is 5.38. The number of aryl methyl sites for hydroxylation is 1. The Kier molecular flexibility index (Phi) is 9.74. The van der Waals surface area contributed by atoms with E-state index in [-0.39, 0.29) is 23.0 Å². The predicted molar refractivity (Wildman–Crippen MR) is 148 cm³/mol. The molecule has 1 aliphatic rings. The van der Waals surface area contributed by atoms with Crippen LogP contribution >= 0.6 is 0 Å². The van der Waals surface area contributed by atoms with E-state index < -0.39 is 0 Å². The molecule has 0 spiro atoms. The summed E-state index contributed by atoms with van der Waals surface area (Å²) >= 11 is 0. The molecule has 3 rings (SSSR count). The van der Waals surface area contributed by atoms with Crippen LogP contribution < -0.4 is 14.2 Å². The number of hydrogen-bond acceptors (Lipinski definition) is 5. The van der Waals surface area contributed by atoms with Gasteiger partial charge in [0.2, 0.25) is 11.7 Å². The molecular weight excluding hydrogens is 466 g/mol. The number of aromatic hydroxyl groups is 1. The number of rotatable bonds is 11. The van der Waals surface area contributed by atoms with Crippen molar-refractivity contribution < 1.29 is 24.1 Å². The monoisotopic (exact) mass is 511 g/mol. The molecule has 6 heteroatoms. The Labute approximate surface area is 222 Å². The lowest BCUT2D eigenvalue weighted by molar-refractivity contribution is -0.137. The molecule has 0 fully saturated rings. The zero-order chi connectivity index (χ0) is 27.2. The summed E-state index contributed by atoms with van der Waals surface area (Å²) in [5, 5.41) is 10.6. The van der Waals surface area contributed by atoms with Gasteiger partial charge in [-0.25, -0.2) is 0 Å². The van der Waals surface area contributed by atoms with Crippen molar-refractivity contribution in [1.29, 1.82) is 0 Å². The highest BCUT2D eigenvalue weighted by molar-refractivity contribution is 5.78. The number of amides is 1. The van der Waals surface area contributed by atoms with Crippen molar-refractivity contribution in [2.75, 3.05) is 26.9 Å². The van der Waals surface area contributed by atoms with Gasteiger partial charge in [-0.15, -0.1) is 0 Å². The number of benzene rings is 2. The van der Waals surface area contributed by atoms with Gasteiger partial charge < -0.3 is 24.2 Å². The average Bonchev–Trinajstić information content (AvgIpc) is 3.09. The third-order valence-corrected chi connectivity index (χ3v) is 7.35. The lowest BCUT2D eigenvalue weighted by Crippen LogP contribution is -2.39. The molecule has 204 valence electrons. The van der Waals surface area contributed by atoms with Crippen molar-refractivity contribution in [3.05, 3.63) is 47.0 Å². The minimum atomic E-state index is -0.145. The molecule has 0 aliphatic carbocycles. The largest absolute Gasteiger partial charge is 0.504 e. The van der Waals surface area contributed by atoms with E-state index in [1.54, 1.807) is 13.2 Å².